The highest BCUT2D eigenvalue weighted by Crippen LogP contribution is 2.32. The van der Waals surface area contributed by atoms with Crippen LogP contribution in [0.4, 0.5) is 0 Å². The van der Waals surface area contributed by atoms with Crippen LogP contribution in [0.1, 0.15) is 10.4 Å². The van der Waals surface area contributed by atoms with Crippen molar-refractivity contribution in [2.24, 2.45) is 0 Å². The van der Waals surface area contributed by atoms with E-state index < -0.39 is 0 Å². The maximum atomic E-state index is 9.98. The highest BCUT2D eigenvalue weighted by molar-refractivity contribution is 7.15. The van der Waals surface area contributed by atoms with E-state index in [0.717, 1.165) is 11.3 Å². The summed E-state index contributed by atoms with van der Waals surface area (Å²) in [6.45, 7) is 0. The molecule has 2 N–H and O–H groups in total. The van der Waals surface area contributed by atoms with Gasteiger partial charge in [0.1, 0.15) is 0 Å². The molecule has 0 saturated heterocycles. The highest BCUT2D eigenvalue weighted by atomic mass is 32.1. The molecule has 0 aliphatic heterocycles. The topological polar surface area (TPSA) is 57.5 Å². The van der Waals surface area contributed by atoms with Crippen LogP contribution in [0.3, 0.4) is 0 Å². The van der Waals surface area contributed by atoms with Crippen molar-refractivity contribution in [1.29, 1.82) is 0 Å². The molecule has 0 atom stereocenters. The average molecular weight is 144 g/mol. The Hall–Kier alpha value is -1.03. The lowest BCUT2D eigenvalue weighted by molar-refractivity contribution is 0.112. The van der Waals surface area contributed by atoms with Crippen molar-refractivity contribution in [1.82, 2.24) is 0 Å². The first-order chi connectivity index (χ1) is 4.24. The van der Waals surface area contributed by atoms with Crippen molar-refractivity contribution < 1.29 is 15.0 Å². The van der Waals surface area contributed by atoms with Crippen molar-refractivity contribution >= 4 is 17.6 Å². The molecule has 48 valence electrons. The van der Waals surface area contributed by atoms with Gasteiger partial charge in [-0.3, -0.25) is 4.79 Å². The molecule has 0 saturated carbocycles. The summed E-state index contributed by atoms with van der Waals surface area (Å²) in [7, 11) is 0. The second kappa shape index (κ2) is 2.06. The number of aromatic hydroxyl groups is 2. The van der Waals surface area contributed by atoms with Crippen LogP contribution in [0.5, 0.6) is 10.1 Å². The van der Waals surface area contributed by atoms with Crippen LogP contribution < -0.4 is 0 Å². The number of hydrogen-bond acceptors (Lipinski definition) is 4. The smallest absolute Gasteiger partial charge is 0.185 e. The molecule has 9 heavy (non-hydrogen) atoms. The van der Waals surface area contributed by atoms with Gasteiger partial charge in [-0.2, -0.15) is 0 Å². The first kappa shape index (κ1) is 6.10. The average Bonchev–Trinajstić information content (AvgIpc) is 2.10. The number of rotatable bonds is 1. The Balaban J connectivity index is 3.15. The predicted molar refractivity (Wildman–Crippen MR) is 33.0 cm³/mol. The number of hydrogen-bond donors (Lipinski definition) is 2. The quantitative estimate of drug-likeness (QED) is 0.577. The Morgan fingerprint density at radius 1 is 1.56 bits per heavy atom. The van der Waals surface area contributed by atoms with Crippen molar-refractivity contribution in [3.63, 3.8) is 0 Å². The molecule has 0 unspecified atom stereocenters. The fourth-order valence-corrected chi connectivity index (χ4v) is 1.08. The first-order valence-electron chi connectivity index (χ1n) is 2.21. The van der Waals surface area contributed by atoms with Gasteiger partial charge in [0.15, 0.2) is 16.4 Å². The summed E-state index contributed by atoms with van der Waals surface area (Å²) in [4.78, 5) is 9.98. The van der Waals surface area contributed by atoms with Crippen molar-refractivity contribution in [3.05, 3.63) is 11.6 Å². The second-order valence-electron chi connectivity index (χ2n) is 1.46. The fourth-order valence-electron chi connectivity index (χ4n) is 0.467. The molecular weight excluding hydrogens is 140 g/mol. The summed E-state index contributed by atoms with van der Waals surface area (Å²) in [6, 6.07) is 1.22. The zero-order valence-electron chi connectivity index (χ0n) is 4.37. The van der Waals surface area contributed by atoms with Crippen LogP contribution >= 0.6 is 11.3 Å². The zero-order chi connectivity index (χ0) is 6.85. The van der Waals surface area contributed by atoms with Gasteiger partial charge >= 0.3 is 0 Å². The summed E-state index contributed by atoms with van der Waals surface area (Å²) in [6.07, 6.45) is 0.492. The van der Waals surface area contributed by atoms with Crippen LogP contribution in [-0.2, 0) is 0 Å². The number of thiophene rings is 1. The van der Waals surface area contributed by atoms with Crippen LogP contribution in [0.2, 0.25) is 0 Å². The van der Waals surface area contributed by atoms with Gasteiger partial charge in [0, 0.05) is 6.07 Å². The number of aldehydes is 1. The minimum absolute atomic E-state index is 0.0467. The van der Waals surface area contributed by atoms with Gasteiger partial charge in [0.05, 0.1) is 5.56 Å². The minimum Gasteiger partial charge on any atom is -0.499 e. The Kier molecular flexibility index (Phi) is 1.40. The number of carbonyl (C=O) groups excluding carboxylic acids is 1. The lowest BCUT2D eigenvalue weighted by atomic mass is 10.4. The van der Waals surface area contributed by atoms with Gasteiger partial charge in [-0.25, -0.2) is 0 Å². The lowest BCUT2D eigenvalue weighted by Crippen LogP contribution is -1.69. The minimum atomic E-state index is -0.137. The van der Waals surface area contributed by atoms with Crippen LogP contribution in [0.25, 0.3) is 0 Å². The molecule has 3 nitrogen and oxygen atoms in total. The maximum Gasteiger partial charge on any atom is 0.185 e. The van der Waals surface area contributed by atoms with E-state index >= 15 is 0 Å². The fraction of sp³-hybridized carbons (Fsp3) is 0. The molecule has 0 spiro atoms. The number of carbonyl (C=O) groups is 1. The Bertz CT molecular complexity index is 228. The van der Waals surface area contributed by atoms with Gasteiger partial charge in [-0.1, -0.05) is 11.3 Å². The molecule has 0 radical (unpaired) electrons. The molecule has 0 amide bonds. The molecule has 1 rings (SSSR count). The van der Waals surface area contributed by atoms with Crippen LogP contribution in [0, 0.1) is 0 Å². The first-order valence-corrected chi connectivity index (χ1v) is 3.02. The van der Waals surface area contributed by atoms with Crippen LogP contribution in [-0.4, -0.2) is 16.5 Å². The largest absolute Gasteiger partial charge is 0.499 e. The summed E-state index contributed by atoms with van der Waals surface area (Å²) >= 11 is 0.774. The van der Waals surface area contributed by atoms with E-state index in [-0.39, 0.29) is 15.7 Å². The van der Waals surface area contributed by atoms with Gasteiger partial charge in [-0.05, 0) is 0 Å². The summed E-state index contributed by atoms with van der Waals surface area (Å²) < 4.78 is 0. The SMILES string of the molecule is O=Cc1cc(O)sc1O. The summed E-state index contributed by atoms with van der Waals surface area (Å²) in [5.41, 5.74) is 0.137. The molecular formula is C5H4O3S. The molecule has 1 aromatic rings. The van der Waals surface area contributed by atoms with Gasteiger partial charge < -0.3 is 10.2 Å². The molecule has 1 heterocycles. The van der Waals surface area contributed by atoms with E-state index in [1.165, 1.54) is 6.07 Å². The molecule has 0 aliphatic carbocycles. The molecule has 0 aliphatic rings. The van der Waals surface area contributed by atoms with Gasteiger partial charge in [-0.15, -0.1) is 0 Å². The lowest BCUT2D eigenvalue weighted by Gasteiger charge is -1.78. The van der Waals surface area contributed by atoms with Crippen molar-refractivity contribution in [2.45, 2.75) is 0 Å². The Morgan fingerprint density at radius 2 is 2.22 bits per heavy atom. The normalized spacial score (nSPS) is 9.33. The molecule has 0 fully saturated rings. The third-order valence-corrected chi connectivity index (χ3v) is 1.61. The van der Waals surface area contributed by atoms with Crippen molar-refractivity contribution in [3.8, 4) is 10.1 Å². The molecule has 4 heteroatoms. The van der Waals surface area contributed by atoms with Crippen molar-refractivity contribution in [2.75, 3.05) is 0 Å². The van der Waals surface area contributed by atoms with E-state index in [9.17, 15) is 4.79 Å². The Morgan fingerprint density at radius 3 is 2.44 bits per heavy atom. The summed E-state index contributed by atoms with van der Waals surface area (Å²) in [5, 5.41) is 17.2. The van der Waals surface area contributed by atoms with Gasteiger partial charge in [0.2, 0.25) is 0 Å². The third kappa shape index (κ3) is 1.02. The standard InChI is InChI=1S/C5H4O3S/c6-2-3-1-4(7)9-5(3)8/h1-2,7-8H. The third-order valence-electron chi connectivity index (χ3n) is 0.854. The Labute approximate surface area is 55.2 Å². The monoisotopic (exact) mass is 144 g/mol. The molecule has 0 bridgehead atoms. The summed E-state index contributed by atoms with van der Waals surface area (Å²) in [5.74, 6) is 0. The van der Waals surface area contributed by atoms with E-state index in [1.54, 1.807) is 0 Å². The maximum absolute atomic E-state index is 9.98. The van der Waals surface area contributed by atoms with E-state index in [0.29, 0.717) is 6.29 Å². The highest BCUT2D eigenvalue weighted by Gasteiger charge is 2.03. The molecule has 0 aromatic carbocycles. The predicted octanol–water partition coefficient (Wildman–Crippen LogP) is 0.972. The second-order valence-corrected chi connectivity index (χ2v) is 2.47. The van der Waals surface area contributed by atoms with E-state index in [4.69, 9.17) is 10.2 Å². The van der Waals surface area contributed by atoms with Gasteiger partial charge in [0.25, 0.3) is 0 Å². The van der Waals surface area contributed by atoms with Crippen LogP contribution in [0.15, 0.2) is 6.07 Å². The van der Waals surface area contributed by atoms with E-state index in [2.05, 4.69) is 0 Å². The molecule has 1 aromatic heterocycles. The van der Waals surface area contributed by atoms with E-state index in [1.807, 2.05) is 0 Å². The zero-order valence-corrected chi connectivity index (χ0v) is 5.18.